The summed E-state index contributed by atoms with van der Waals surface area (Å²) in [5.74, 6) is 0.696. The molecule has 0 amide bonds. The van der Waals surface area contributed by atoms with Crippen LogP contribution in [0.25, 0.3) is 0 Å². The molecule has 0 radical (unpaired) electrons. The monoisotopic (exact) mass is 291 g/mol. The molecule has 2 rings (SSSR count). The zero-order chi connectivity index (χ0) is 14.4. The van der Waals surface area contributed by atoms with E-state index >= 15 is 0 Å². The summed E-state index contributed by atoms with van der Waals surface area (Å²) in [5.41, 5.74) is 5.89. The molecule has 1 unspecified atom stereocenters. The van der Waals surface area contributed by atoms with Gasteiger partial charge in [0.1, 0.15) is 6.61 Å². The first-order valence-electron chi connectivity index (χ1n) is 6.70. The Morgan fingerprint density at radius 1 is 1.35 bits per heavy atom. The van der Waals surface area contributed by atoms with E-state index in [1.807, 2.05) is 0 Å². The fourth-order valence-electron chi connectivity index (χ4n) is 1.70. The van der Waals surface area contributed by atoms with E-state index in [1.165, 1.54) is 6.42 Å². The van der Waals surface area contributed by atoms with Crippen LogP contribution in [0.4, 0.5) is 8.78 Å². The highest BCUT2D eigenvalue weighted by Gasteiger charge is 2.21. The maximum Gasteiger partial charge on any atom is 0.261 e. The van der Waals surface area contributed by atoms with E-state index in [0.717, 1.165) is 12.8 Å². The summed E-state index contributed by atoms with van der Waals surface area (Å²) in [6.07, 6.45) is 1.47. The van der Waals surface area contributed by atoms with Gasteiger partial charge in [-0.1, -0.05) is 5.16 Å². The molecule has 1 aliphatic carbocycles. The first-order chi connectivity index (χ1) is 9.65. The second-order valence-corrected chi connectivity index (χ2v) is 4.76. The minimum Gasteiger partial charge on any atom is -0.376 e. The number of hydrogen-bond donors (Lipinski definition) is 1. The van der Waals surface area contributed by atoms with E-state index in [1.54, 1.807) is 0 Å². The van der Waals surface area contributed by atoms with E-state index < -0.39 is 19.1 Å². The highest BCUT2D eigenvalue weighted by atomic mass is 19.3. The highest BCUT2D eigenvalue weighted by Crippen LogP contribution is 2.22. The van der Waals surface area contributed by atoms with Gasteiger partial charge in [0.2, 0.25) is 5.89 Å². The Balaban J connectivity index is 1.67. The summed E-state index contributed by atoms with van der Waals surface area (Å²) >= 11 is 0. The van der Waals surface area contributed by atoms with Gasteiger partial charge in [0.15, 0.2) is 5.82 Å². The molecule has 1 aromatic heterocycles. The third-order valence-electron chi connectivity index (χ3n) is 3.08. The molecule has 1 aromatic rings. The van der Waals surface area contributed by atoms with Gasteiger partial charge in [-0.2, -0.15) is 4.98 Å². The van der Waals surface area contributed by atoms with E-state index in [4.69, 9.17) is 19.7 Å². The number of hydrogen-bond acceptors (Lipinski definition) is 6. The third kappa shape index (κ3) is 4.77. The molecule has 8 heteroatoms. The van der Waals surface area contributed by atoms with E-state index in [2.05, 4.69) is 10.1 Å². The topological polar surface area (TPSA) is 83.4 Å². The molecule has 114 valence electrons. The first kappa shape index (κ1) is 15.3. The fourth-order valence-corrected chi connectivity index (χ4v) is 1.70. The second kappa shape index (κ2) is 7.61. The maximum absolute atomic E-state index is 11.8. The smallest absolute Gasteiger partial charge is 0.261 e. The number of ether oxygens (including phenoxy) is 2. The largest absolute Gasteiger partial charge is 0.376 e. The average Bonchev–Trinajstić information content (AvgIpc) is 2.81. The molecule has 0 aliphatic heterocycles. The predicted octanol–water partition coefficient (Wildman–Crippen LogP) is 1.46. The van der Waals surface area contributed by atoms with Crippen LogP contribution in [0, 0.1) is 0 Å². The van der Waals surface area contributed by atoms with Crippen molar-refractivity contribution < 1.29 is 22.8 Å². The molecule has 1 fully saturated rings. The Bertz CT molecular complexity index is 399. The highest BCUT2D eigenvalue weighted by molar-refractivity contribution is 4.93. The predicted molar refractivity (Wildman–Crippen MR) is 65.3 cm³/mol. The van der Waals surface area contributed by atoms with Crippen molar-refractivity contribution in [1.29, 1.82) is 0 Å². The number of nitrogens with zero attached hydrogens (tertiary/aromatic N) is 2. The van der Waals surface area contributed by atoms with Crippen LogP contribution in [0.1, 0.15) is 37.0 Å². The molecule has 1 saturated carbocycles. The van der Waals surface area contributed by atoms with Crippen LogP contribution in [0.3, 0.4) is 0 Å². The van der Waals surface area contributed by atoms with Crippen molar-refractivity contribution in [1.82, 2.24) is 10.1 Å². The number of halogens is 2. The van der Waals surface area contributed by atoms with Gasteiger partial charge in [0.25, 0.3) is 6.43 Å². The summed E-state index contributed by atoms with van der Waals surface area (Å²) in [6.45, 7) is -0.124. The minimum atomic E-state index is -2.47. The molecule has 6 nitrogen and oxygen atoms in total. The van der Waals surface area contributed by atoms with Crippen molar-refractivity contribution in [3.8, 4) is 0 Å². The van der Waals surface area contributed by atoms with Gasteiger partial charge >= 0.3 is 0 Å². The van der Waals surface area contributed by atoms with E-state index in [-0.39, 0.29) is 13.0 Å². The Morgan fingerprint density at radius 2 is 2.15 bits per heavy atom. The molecule has 0 spiro atoms. The summed E-state index contributed by atoms with van der Waals surface area (Å²) in [4.78, 5) is 4.10. The van der Waals surface area contributed by atoms with Gasteiger partial charge in [-0.15, -0.1) is 0 Å². The van der Waals surface area contributed by atoms with Gasteiger partial charge in [0, 0.05) is 0 Å². The third-order valence-corrected chi connectivity index (χ3v) is 3.08. The minimum absolute atomic E-state index is 0.111. The second-order valence-electron chi connectivity index (χ2n) is 4.76. The lowest BCUT2D eigenvalue weighted by molar-refractivity contribution is -0.00549. The quantitative estimate of drug-likeness (QED) is 0.694. The van der Waals surface area contributed by atoms with Crippen LogP contribution in [-0.4, -0.2) is 42.5 Å². The number of rotatable bonds is 9. The molecule has 20 heavy (non-hydrogen) atoms. The van der Waals surface area contributed by atoms with E-state index in [9.17, 15) is 8.78 Å². The molecule has 1 atom stereocenters. The van der Waals surface area contributed by atoms with Gasteiger partial charge in [-0.05, 0) is 19.3 Å². The number of nitrogens with two attached hydrogens (primary N) is 1. The van der Waals surface area contributed by atoms with Gasteiger partial charge in [-0.3, -0.25) is 0 Å². The summed E-state index contributed by atoms with van der Waals surface area (Å²) in [7, 11) is 0. The molecule has 0 aromatic carbocycles. The lowest BCUT2D eigenvalue weighted by Gasteiger charge is -2.26. The van der Waals surface area contributed by atoms with Crippen LogP contribution in [-0.2, 0) is 15.9 Å². The lowest BCUT2D eigenvalue weighted by atomic mass is 9.96. The first-order valence-corrected chi connectivity index (χ1v) is 6.70. The molecular formula is C12H19F2N3O3. The Hall–Kier alpha value is -1.12. The van der Waals surface area contributed by atoms with Gasteiger partial charge in [0.05, 0.1) is 31.8 Å². The van der Waals surface area contributed by atoms with Crippen molar-refractivity contribution in [2.45, 2.75) is 44.3 Å². The van der Waals surface area contributed by atoms with Crippen LogP contribution in [0.5, 0.6) is 0 Å². The van der Waals surface area contributed by atoms with Crippen molar-refractivity contribution in [2.75, 3.05) is 19.8 Å². The molecular weight excluding hydrogens is 272 g/mol. The zero-order valence-corrected chi connectivity index (χ0v) is 11.1. The molecule has 0 saturated heterocycles. The van der Waals surface area contributed by atoms with Crippen LogP contribution < -0.4 is 5.73 Å². The Morgan fingerprint density at radius 3 is 2.80 bits per heavy atom. The van der Waals surface area contributed by atoms with E-state index in [0.29, 0.717) is 24.4 Å². The standard InChI is InChI=1S/C12H19F2N3O3/c13-10(14)7-18-5-4-11-16-12(17-20-11)9(15)6-19-8-2-1-3-8/h8-10H,1-7,15H2. The molecule has 1 aliphatic rings. The van der Waals surface area contributed by atoms with Crippen molar-refractivity contribution >= 4 is 0 Å². The van der Waals surface area contributed by atoms with Crippen LogP contribution in [0.2, 0.25) is 0 Å². The average molecular weight is 291 g/mol. The molecule has 2 N–H and O–H groups in total. The zero-order valence-electron chi connectivity index (χ0n) is 11.1. The Labute approximate surface area is 115 Å². The van der Waals surface area contributed by atoms with Crippen molar-refractivity contribution in [3.05, 3.63) is 11.7 Å². The normalized spacial score (nSPS) is 17.4. The number of alkyl halides is 2. The van der Waals surface area contributed by atoms with Gasteiger partial charge < -0.3 is 19.7 Å². The summed E-state index contributed by atoms with van der Waals surface area (Å²) in [6, 6.07) is -0.435. The SMILES string of the molecule is NC(COC1CCC1)c1noc(CCOCC(F)F)n1. The lowest BCUT2D eigenvalue weighted by Crippen LogP contribution is -2.27. The summed E-state index contributed by atoms with van der Waals surface area (Å²) in [5, 5.41) is 3.76. The van der Waals surface area contributed by atoms with Crippen molar-refractivity contribution in [2.24, 2.45) is 5.73 Å². The van der Waals surface area contributed by atoms with Crippen LogP contribution in [0.15, 0.2) is 4.52 Å². The maximum atomic E-state index is 11.8. The van der Waals surface area contributed by atoms with Crippen molar-refractivity contribution in [3.63, 3.8) is 0 Å². The number of aromatic nitrogens is 2. The fraction of sp³-hybridized carbons (Fsp3) is 0.833. The molecule has 1 heterocycles. The van der Waals surface area contributed by atoms with Gasteiger partial charge in [-0.25, -0.2) is 8.78 Å². The molecule has 0 bridgehead atoms. The Kier molecular flexibility index (Phi) is 5.81. The van der Waals surface area contributed by atoms with Crippen LogP contribution >= 0.6 is 0 Å². The summed E-state index contributed by atoms with van der Waals surface area (Å²) < 4.78 is 39.0.